The van der Waals surface area contributed by atoms with Crippen molar-refractivity contribution in [3.05, 3.63) is 23.3 Å². The van der Waals surface area contributed by atoms with Crippen LogP contribution in [0.2, 0.25) is 0 Å². The van der Waals surface area contributed by atoms with Gasteiger partial charge in [0.2, 0.25) is 7.59 Å². The Morgan fingerprint density at radius 2 is 0.966 bits per heavy atom. The summed E-state index contributed by atoms with van der Waals surface area (Å²) in [4.78, 5) is 25.8. The van der Waals surface area contributed by atoms with Gasteiger partial charge in [0, 0.05) is 38.5 Å². The van der Waals surface area contributed by atoms with Gasteiger partial charge in [-0.05, 0) is 262 Å². The molecular formula is C70H110Cl6N2O9. The highest BCUT2D eigenvalue weighted by atomic mass is 35.6. The number of hydrogen-bond acceptors (Lipinski definition) is 9. The SMILES string of the molecule is C[C@@H](NC(=O)OCC(Cl)(Cl)Cl)[C@H]1CCC2C3CC=C4C[C@@H](C(CCCCCOC5CCCCO5)OC(CCCCCOC5CCCCO5)[C@H]5CC[C@@]6(C)C(=CCC7C6CC[C@@]6(C)C7CC[C@@H]6[C@@H](C)NC(=O)OCC(Cl)(Cl)Cl)C5)CC[C@]4(C)C3CC[C@@]21C. The number of unbranched alkanes of at least 4 members (excludes halogenated alkanes) is 4. The first kappa shape index (κ1) is 69.4. The lowest BCUT2D eigenvalue weighted by Gasteiger charge is -2.59. The number of amides is 2. The van der Waals surface area contributed by atoms with Crippen LogP contribution in [0.5, 0.6) is 0 Å². The zero-order valence-electron chi connectivity index (χ0n) is 53.8. The molecule has 0 aromatic rings. The number of alkyl carbamates (subject to hydrolysis) is 2. The summed E-state index contributed by atoms with van der Waals surface area (Å²) in [5.41, 5.74) is 4.13. The highest BCUT2D eigenvalue weighted by Gasteiger charge is 2.62. The minimum absolute atomic E-state index is 0.0297. The predicted molar refractivity (Wildman–Crippen MR) is 351 cm³/mol. The van der Waals surface area contributed by atoms with Crippen molar-refractivity contribution in [1.29, 1.82) is 0 Å². The highest BCUT2D eigenvalue weighted by Crippen LogP contribution is 2.69. The first-order chi connectivity index (χ1) is 41.5. The maximum Gasteiger partial charge on any atom is 0.407 e. The molecule has 0 aromatic heterocycles. The molecule has 17 heteroatoms. The number of carbonyl (C=O) groups excluding carboxylic acids is 2. The number of hydrogen-bond donors (Lipinski definition) is 2. The third-order valence-corrected chi connectivity index (χ3v) is 26.3. The zero-order valence-corrected chi connectivity index (χ0v) is 58.3. The molecule has 10 rings (SSSR count). The normalized spacial score (nSPS) is 39.0. The Morgan fingerprint density at radius 3 is 1.36 bits per heavy atom. The molecule has 8 fully saturated rings. The van der Waals surface area contributed by atoms with Gasteiger partial charge in [0.15, 0.2) is 12.6 Å². The van der Waals surface area contributed by atoms with Gasteiger partial charge >= 0.3 is 12.2 Å². The molecule has 0 spiro atoms. The van der Waals surface area contributed by atoms with Gasteiger partial charge < -0.3 is 43.8 Å². The van der Waals surface area contributed by atoms with E-state index in [0.29, 0.717) is 59.2 Å². The first-order valence-electron chi connectivity index (χ1n) is 35.0. The summed E-state index contributed by atoms with van der Waals surface area (Å²) in [6.07, 6.45) is 39.3. The molecule has 2 amide bonds. The van der Waals surface area contributed by atoms with Crippen LogP contribution in [0.4, 0.5) is 9.59 Å². The Hall–Kier alpha value is -0.440. The van der Waals surface area contributed by atoms with Crippen molar-refractivity contribution in [3.63, 3.8) is 0 Å². The van der Waals surface area contributed by atoms with Gasteiger partial charge in [-0.2, -0.15) is 0 Å². The lowest BCUT2D eigenvalue weighted by atomic mass is 9.46. The van der Waals surface area contributed by atoms with E-state index in [9.17, 15) is 9.59 Å². The van der Waals surface area contributed by atoms with Gasteiger partial charge in [0.25, 0.3) is 0 Å². The summed E-state index contributed by atoms with van der Waals surface area (Å²) >= 11 is 35.5. The summed E-state index contributed by atoms with van der Waals surface area (Å²) in [6.45, 7) is 17.2. The number of ether oxygens (including phenoxy) is 7. The Balaban J connectivity index is 0.832. The second-order valence-corrected chi connectivity index (χ2v) is 35.5. The molecule has 496 valence electrons. The molecular weight excluding hydrogens is 1230 g/mol. The second-order valence-electron chi connectivity index (χ2n) is 30.5. The molecule has 6 saturated carbocycles. The number of allylic oxidation sites excluding steroid dienone is 4. The number of rotatable bonds is 24. The Labute approximate surface area is 554 Å². The number of fused-ring (bicyclic) bond motifs is 10. The molecule has 2 aliphatic heterocycles. The molecule has 10 aliphatic rings. The van der Waals surface area contributed by atoms with Crippen molar-refractivity contribution in [1.82, 2.24) is 10.6 Å². The number of carbonyl (C=O) groups is 2. The summed E-state index contributed by atoms with van der Waals surface area (Å²) in [5.74, 6) is 5.65. The van der Waals surface area contributed by atoms with E-state index in [1.165, 1.54) is 77.0 Å². The van der Waals surface area contributed by atoms with Crippen LogP contribution >= 0.6 is 69.6 Å². The average Bonchev–Trinajstić information content (AvgIpc) is 1.73. The molecule has 0 bridgehead atoms. The molecule has 2 saturated heterocycles. The van der Waals surface area contributed by atoms with Crippen LogP contribution in [0.25, 0.3) is 0 Å². The van der Waals surface area contributed by atoms with Crippen LogP contribution in [0.15, 0.2) is 23.3 Å². The van der Waals surface area contributed by atoms with Crippen molar-refractivity contribution in [2.75, 3.05) is 39.6 Å². The maximum atomic E-state index is 12.9. The fourth-order valence-electron chi connectivity index (χ4n) is 21.1. The number of halogens is 6. The van der Waals surface area contributed by atoms with Gasteiger partial charge in [0.1, 0.15) is 13.2 Å². The fourth-order valence-corrected chi connectivity index (χ4v) is 21.4. The van der Waals surface area contributed by atoms with Gasteiger partial charge in [-0.1, -0.05) is 146 Å². The Morgan fingerprint density at radius 1 is 0.540 bits per heavy atom. The molecule has 8 aliphatic carbocycles. The van der Waals surface area contributed by atoms with Crippen molar-refractivity contribution < 1.29 is 42.7 Å². The zero-order chi connectivity index (χ0) is 61.8. The molecule has 2 heterocycles. The fraction of sp³-hybridized carbons (Fsp3) is 0.914. The van der Waals surface area contributed by atoms with Crippen molar-refractivity contribution in [2.45, 2.75) is 279 Å². The van der Waals surface area contributed by atoms with Gasteiger partial charge in [-0.15, -0.1) is 0 Å². The van der Waals surface area contributed by atoms with Gasteiger partial charge in [-0.3, -0.25) is 0 Å². The molecule has 87 heavy (non-hydrogen) atoms. The molecule has 2 N–H and O–H groups in total. The smallest absolute Gasteiger partial charge is 0.407 e. The van der Waals surface area contributed by atoms with Crippen LogP contribution in [0, 0.1) is 80.8 Å². The van der Waals surface area contributed by atoms with E-state index < -0.39 is 19.8 Å². The van der Waals surface area contributed by atoms with E-state index in [1.54, 1.807) is 11.1 Å². The predicted octanol–water partition coefficient (Wildman–Crippen LogP) is 19.3. The lowest BCUT2D eigenvalue weighted by molar-refractivity contribution is -0.163. The topological polar surface area (TPSA) is 123 Å². The molecule has 11 nitrogen and oxygen atoms in total. The van der Waals surface area contributed by atoms with E-state index >= 15 is 0 Å². The Kier molecular flexibility index (Phi) is 24.0. The van der Waals surface area contributed by atoms with Crippen LogP contribution in [-0.4, -0.2) is 96.3 Å². The maximum absolute atomic E-state index is 12.9. The summed E-state index contributed by atoms with van der Waals surface area (Å²) in [6, 6.07) is -0.0595. The quantitative estimate of drug-likeness (QED) is 0.0552. The molecule has 0 aromatic carbocycles. The van der Waals surface area contributed by atoms with E-state index in [4.69, 9.17) is 103 Å². The van der Waals surface area contributed by atoms with Crippen molar-refractivity contribution >= 4 is 81.8 Å². The van der Waals surface area contributed by atoms with Crippen molar-refractivity contribution in [2.24, 2.45) is 80.8 Å². The third-order valence-electron chi connectivity index (χ3n) is 25.6. The Bertz CT molecular complexity index is 2170. The van der Waals surface area contributed by atoms with Crippen LogP contribution < -0.4 is 10.6 Å². The molecule has 20 atom stereocenters. The summed E-state index contributed by atoms with van der Waals surface area (Å²) in [5, 5.41) is 6.27. The molecule has 0 radical (unpaired) electrons. The van der Waals surface area contributed by atoms with E-state index in [0.717, 1.165) is 142 Å². The summed E-state index contributed by atoms with van der Waals surface area (Å²) in [7, 11) is 0. The minimum Gasteiger partial charge on any atom is -0.445 e. The minimum atomic E-state index is -1.64. The first-order valence-corrected chi connectivity index (χ1v) is 37.2. The number of nitrogens with one attached hydrogen (secondary N) is 2. The largest absolute Gasteiger partial charge is 0.445 e. The summed E-state index contributed by atoms with van der Waals surface area (Å²) < 4.78 is 39.8. The standard InChI is InChI=1S/C70H110Cl6N2O9/c1-45(77-63(79)85-43-69(71,72)73)53-25-27-55-51-23-21-49-41-47(29-33-65(49,3)57(51)31-35-67(53,55)5)59(17-9-7-13-37-81-61-19-11-15-39-83-61)87-60(18-10-8-14-38-82-62-20-12-16-40-84-62)48-30-34-66(4)50(42-48)22-24-52-56-28-26-54(68(56,6)36-32-58(52)66)46(2)78-64(80)86-44-70(74,75)76/h21-22,45-48,51-62H,7-20,23-44H2,1-6H3,(H,77,79)(H,78,80)/t45-,46-,47+,48+,51?,52?,53-,54-,55?,56?,57?,58?,59?,60?,61?,62?,65+,66+,67-,68-/m1/s1. The van der Waals surface area contributed by atoms with E-state index in [-0.39, 0.29) is 71.7 Å². The monoisotopic (exact) mass is 1330 g/mol. The lowest BCUT2D eigenvalue weighted by Crippen LogP contribution is -2.53. The second kappa shape index (κ2) is 30.1. The molecule has 10 unspecified atom stereocenters. The average molecular weight is 1340 g/mol. The van der Waals surface area contributed by atoms with Crippen LogP contribution in [0.3, 0.4) is 0 Å². The van der Waals surface area contributed by atoms with E-state index in [1.807, 2.05) is 0 Å². The third kappa shape index (κ3) is 16.6. The van der Waals surface area contributed by atoms with E-state index in [2.05, 4.69) is 64.3 Å². The number of alkyl halides is 6. The van der Waals surface area contributed by atoms with Crippen LogP contribution in [-0.2, 0) is 33.2 Å². The van der Waals surface area contributed by atoms with Crippen molar-refractivity contribution in [3.8, 4) is 0 Å². The highest BCUT2D eigenvalue weighted by molar-refractivity contribution is 6.68. The van der Waals surface area contributed by atoms with Crippen LogP contribution in [0.1, 0.15) is 234 Å². The van der Waals surface area contributed by atoms with Gasteiger partial charge in [-0.25, -0.2) is 9.59 Å². The van der Waals surface area contributed by atoms with Gasteiger partial charge in [0.05, 0.1) is 12.2 Å².